The molecule has 5 nitrogen and oxygen atoms in total. The number of pyridine rings is 1. The standard InChI is InChI=1S/C18H17ClFN3O2/c1-18(2,3)25-17(24)23-14-6-4-5-12(20)11(14)9-15(23)13-7-10(19)8-16(21)22-13/h4-9H,1-3H3,(H2,21,22). The van der Waals surface area contributed by atoms with E-state index in [2.05, 4.69) is 4.98 Å². The molecule has 0 aliphatic heterocycles. The maximum atomic E-state index is 14.2. The van der Waals surface area contributed by atoms with Crippen molar-refractivity contribution in [1.82, 2.24) is 9.55 Å². The first-order valence-electron chi connectivity index (χ1n) is 7.62. The molecular formula is C18H17ClFN3O2. The Morgan fingerprint density at radius 1 is 1.28 bits per heavy atom. The molecule has 2 aromatic heterocycles. The van der Waals surface area contributed by atoms with Crippen molar-refractivity contribution in [2.75, 3.05) is 5.73 Å². The SMILES string of the molecule is CC(C)(C)OC(=O)n1c(-c2cc(Cl)cc(N)n2)cc2c(F)cccc21. The van der Waals surface area contributed by atoms with E-state index in [-0.39, 0.29) is 11.2 Å². The van der Waals surface area contributed by atoms with E-state index in [0.717, 1.165) is 0 Å². The van der Waals surface area contributed by atoms with Crippen LogP contribution in [0.2, 0.25) is 5.02 Å². The minimum absolute atomic E-state index is 0.198. The molecule has 0 radical (unpaired) electrons. The van der Waals surface area contributed by atoms with E-state index >= 15 is 0 Å². The van der Waals surface area contributed by atoms with Crippen molar-refractivity contribution in [1.29, 1.82) is 0 Å². The van der Waals surface area contributed by atoms with Crippen LogP contribution in [-0.2, 0) is 4.74 Å². The van der Waals surface area contributed by atoms with E-state index in [9.17, 15) is 9.18 Å². The molecular weight excluding hydrogens is 345 g/mol. The summed E-state index contributed by atoms with van der Waals surface area (Å²) in [5.41, 5.74) is 6.13. The Balaban J connectivity index is 2.29. The number of aromatic nitrogens is 2. The fourth-order valence-corrected chi connectivity index (χ4v) is 2.75. The largest absolute Gasteiger partial charge is 0.443 e. The van der Waals surface area contributed by atoms with Gasteiger partial charge in [-0.05, 0) is 51.1 Å². The molecule has 0 unspecified atom stereocenters. The van der Waals surface area contributed by atoms with Crippen LogP contribution in [0.3, 0.4) is 0 Å². The van der Waals surface area contributed by atoms with Gasteiger partial charge in [-0.3, -0.25) is 0 Å². The van der Waals surface area contributed by atoms with Crippen molar-refractivity contribution in [2.24, 2.45) is 0 Å². The molecule has 0 saturated heterocycles. The van der Waals surface area contributed by atoms with Gasteiger partial charge in [-0.2, -0.15) is 0 Å². The maximum Gasteiger partial charge on any atom is 0.419 e. The Kier molecular flexibility index (Phi) is 4.16. The number of carbonyl (C=O) groups is 1. The molecule has 130 valence electrons. The van der Waals surface area contributed by atoms with Crippen LogP contribution in [0.15, 0.2) is 36.4 Å². The first-order valence-corrected chi connectivity index (χ1v) is 8.00. The zero-order chi connectivity index (χ0) is 18.4. The third kappa shape index (κ3) is 3.44. The number of benzene rings is 1. The molecule has 0 aliphatic rings. The Morgan fingerprint density at radius 3 is 2.64 bits per heavy atom. The number of hydrogen-bond donors (Lipinski definition) is 1. The van der Waals surface area contributed by atoms with Crippen LogP contribution in [0, 0.1) is 5.82 Å². The number of anilines is 1. The third-order valence-corrected chi connectivity index (χ3v) is 3.66. The van der Waals surface area contributed by atoms with Gasteiger partial charge in [0.2, 0.25) is 0 Å². The molecule has 1 aromatic carbocycles. The number of halogens is 2. The molecule has 0 aliphatic carbocycles. The van der Waals surface area contributed by atoms with Crippen LogP contribution in [0.5, 0.6) is 0 Å². The van der Waals surface area contributed by atoms with Gasteiger partial charge in [0.25, 0.3) is 0 Å². The Morgan fingerprint density at radius 2 is 2.00 bits per heavy atom. The summed E-state index contributed by atoms with van der Waals surface area (Å²) in [5.74, 6) is -0.250. The molecule has 3 rings (SSSR count). The van der Waals surface area contributed by atoms with Gasteiger partial charge in [0.15, 0.2) is 0 Å². The summed E-state index contributed by atoms with van der Waals surface area (Å²) in [5, 5.41) is 0.646. The van der Waals surface area contributed by atoms with Crippen molar-refractivity contribution < 1.29 is 13.9 Å². The van der Waals surface area contributed by atoms with Crippen molar-refractivity contribution in [3.63, 3.8) is 0 Å². The Labute approximate surface area is 149 Å². The van der Waals surface area contributed by atoms with E-state index < -0.39 is 17.5 Å². The lowest BCUT2D eigenvalue weighted by molar-refractivity contribution is 0.0547. The predicted octanol–water partition coefficient (Wildman–Crippen LogP) is 4.86. The number of nitrogen functional groups attached to an aromatic ring is 1. The normalized spacial score (nSPS) is 11.7. The Bertz CT molecular complexity index is 956. The molecule has 25 heavy (non-hydrogen) atoms. The number of rotatable bonds is 1. The fraction of sp³-hybridized carbons (Fsp3) is 0.222. The van der Waals surface area contributed by atoms with E-state index in [0.29, 0.717) is 21.9 Å². The number of ether oxygens (including phenoxy) is 1. The van der Waals surface area contributed by atoms with Crippen LogP contribution in [-0.4, -0.2) is 21.2 Å². The van der Waals surface area contributed by atoms with Gasteiger partial charge < -0.3 is 10.5 Å². The molecule has 0 saturated carbocycles. The molecule has 2 N–H and O–H groups in total. The quantitative estimate of drug-likeness (QED) is 0.671. The second-order valence-electron chi connectivity index (χ2n) is 6.61. The van der Waals surface area contributed by atoms with Crippen LogP contribution >= 0.6 is 11.6 Å². The molecule has 0 bridgehead atoms. The number of carbonyl (C=O) groups excluding carboxylic acids is 1. The second-order valence-corrected chi connectivity index (χ2v) is 7.05. The molecule has 3 aromatic rings. The second kappa shape index (κ2) is 6.04. The van der Waals surface area contributed by atoms with Gasteiger partial charge in [0.05, 0.1) is 16.9 Å². The van der Waals surface area contributed by atoms with E-state index in [4.69, 9.17) is 22.1 Å². The van der Waals surface area contributed by atoms with Gasteiger partial charge in [0.1, 0.15) is 17.2 Å². The highest BCUT2D eigenvalue weighted by Gasteiger charge is 2.24. The number of nitrogens with two attached hydrogens (primary N) is 1. The van der Waals surface area contributed by atoms with Gasteiger partial charge in [-0.25, -0.2) is 18.7 Å². The highest BCUT2D eigenvalue weighted by molar-refractivity contribution is 6.31. The van der Waals surface area contributed by atoms with E-state index in [1.165, 1.54) is 28.8 Å². The van der Waals surface area contributed by atoms with E-state index in [1.807, 2.05) is 0 Å². The summed E-state index contributed by atoms with van der Waals surface area (Å²) < 4.78 is 21.0. The van der Waals surface area contributed by atoms with Gasteiger partial charge in [0, 0.05) is 10.4 Å². The topological polar surface area (TPSA) is 70.1 Å². The molecule has 0 spiro atoms. The molecule has 2 heterocycles. The van der Waals surface area contributed by atoms with Gasteiger partial charge >= 0.3 is 6.09 Å². The van der Waals surface area contributed by atoms with Crippen molar-refractivity contribution in [3.05, 3.63) is 47.2 Å². The number of fused-ring (bicyclic) bond motifs is 1. The van der Waals surface area contributed by atoms with Crippen molar-refractivity contribution in [2.45, 2.75) is 26.4 Å². The molecule has 0 fully saturated rings. The van der Waals surface area contributed by atoms with E-state index in [1.54, 1.807) is 32.9 Å². The third-order valence-electron chi connectivity index (χ3n) is 3.44. The zero-order valence-corrected chi connectivity index (χ0v) is 14.8. The first kappa shape index (κ1) is 17.2. The lowest BCUT2D eigenvalue weighted by Crippen LogP contribution is -2.27. The summed E-state index contributed by atoms with van der Waals surface area (Å²) in [6, 6.07) is 9.08. The highest BCUT2D eigenvalue weighted by atomic mass is 35.5. The summed E-state index contributed by atoms with van der Waals surface area (Å²) in [6.45, 7) is 5.27. The monoisotopic (exact) mass is 361 g/mol. The van der Waals surface area contributed by atoms with Crippen LogP contribution in [0.4, 0.5) is 15.0 Å². The minimum Gasteiger partial charge on any atom is -0.443 e. The average molecular weight is 362 g/mol. The maximum absolute atomic E-state index is 14.2. The lowest BCUT2D eigenvalue weighted by Gasteiger charge is -2.21. The molecule has 0 amide bonds. The molecule has 7 heteroatoms. The first-order chi connectivity index (χ1) is 11.7. The summed E-state index contributed by atoms with van der Waals surface area (Å²) >= 11 is 6.05. The fourth-order valence-electron chi connectivity index (χ4n) is 2.54. The van der Waals surface area contributed by atoms with Gasteiger partial charge in [-0.1, -0.05) is 17.7 Å². The summed E-state index contributed by atoms with van der Waals surface area (Å²) in [6.07, 6.45) is -0.636. The smallest absolute Gasteiger partial charge is 0.419 e. The summed E-state index contributed by atoms with van der Waals surface area (Å²) in [4.78, 5) is 16.9. The zero-order valence-electron chi connectivity index (χ0n) is 14.0. The van der Waals surface area contributed by atoms with Crippen LogP contribution in [0.25, 0.3) is 22.3 Å². The van der Waals surface area contributed by atoms with Crippen LogP contribution < -0.4 is 5.73 Å². The molecule has 0 atom stereocenters. The van der Waals surface area contributed by atoms with Crippen molar-refractivity contribution in [3.8, 4) is 11.4 Å². The highest BCUT2D eigenvalue weighted by Crippen LogP contribution is 2.31. The average Bonchev–Trinajstić information content (AvgIpc) is 2.85. The predicted molar refractivity (Wildman–Crippen MR) is 96.2 cm³/mol. The summed E-state index contributed by atoms with van der Waals surface area (Å²) in [7, 11) is 0. The number of hydrogen-bond acceptors (Lipinski definition) is 4. The van der Waals surface area contributed by atoms with Gasteiger partial charge in [-0.15, -0.1) is 0 Å². The lowest BCUT2D eigenvalue weighted by atomic mass is 10.2. The Hall–Kier alpha value is -2.60. The van der Waals surface area contributed by atoms with Crippen molar-refractivity contribution >= 4 is 34.4 Å². The van der Waals surface area contributed by atoms with Crippen LogP contribution in [0.1, 0.15) is 20.8 Å². The number of nitrogens with zero attached hydrogens (tertiary/aromatic N) is 2. The minimum atomic E-state index is -0.709.